The van der Waals surface area contributed by atoms with E-state index in [-0.39, 0.29) is 0 Å². The Morgan fingerprint density at radius 2 is 2.06 bits per heavy atom. The molecule has 0 fully saturated rings. The quantitative estimate of drug-likeness (QED) is 0.758. The van der Waals surface area contributed by atoms with Gasteiger partial charge in [0.05, 0.1) is 5.56 Å². The molecule has 0 saturated heterocycles. The van der Waals surface area contributed by atoms with Gasteiger partial charge in [-0.2, -0.15) is 4.57 Å². The molecule has 0 aromatic carbocycles. The monoisotopic (exact) mass is 227 g/mol. The lowest BCUT2D eigenvalue weighted by atomic mass is 9.83. The zero-order valence-corrected chi connectivity index (χ0v) is 10.5. The number of aromatic nitrogens is 2. The van der Waals surface area contributed by atoms with E-state index in [1.165, 1.54) is 29.7 Å². The second-order valence-corrected chi connectivity index (χ2v) is 4.81. The first-order valence-corrected chi connectivity index (χ1v) is 6.54. The third kappa shape index (κ3) is 1.43. The Kier molecular flexibility index (Phi) is 2.50. The summed E-state index contributed by atoms with van der Waals surface area (Å²) in [6.45, 7) is 4.58. The van der Waals surface area contributed by atoms with Crippen LogP contribution in [0.2, 0.25) is 0 Å². The summed E-state index contributed by atoms with van der Waals surface area (Å²) in [6, 6.07) is 7.08. The van der Waals surface area contributed by atoms with Gasteiger partial charge >= 0.3 is 0 Å². The van der Waals surface area contributed by atoms with Crippen molar-refractivity contribution in [2.75, 3.05) is 0 Å². The minimum atomic E-state index is 0.597. The molecule has 0 aliphatic carbocycles. The van der Waals surface area contributed by atoms with Gasteiger partial charge in [-0.3, -0.25) is 0 Å². The summed E-state index contributed by atoms with van der Waals surface area (Å²) < 4.78 is 2.45. The molecule has 2 heteroatoms. The number of rotatable bonds is 2. The number of hydrogen-bond donors (Lipinski definition) is 1. The smallest absolute Gasteiger partial charge is 0.214 e. The second kappa shape index (κ2) is 4.02. The van der Waals surface area contributed by atoms with Gasteiger partial charge in [0.25, 0.3) is 0 Å². The Labute approximate surface area is 102 Å². The first-order chi connectivity index (χ1) is 8.36. The van der Waals surface area contributed by atoms with Crippen LogP contribution in [0.5, 0.6) is 0 Å². The Morgan fingerprint density at radius 3 is 2.82 bits per heavy atom. The van der Waals surface area contributed by atoms with Gasteiger partial charge in [-0.1, -0.05) is 13.8 Å². The van der Waals surface area contributed by atoms with Crippen LogP contribution in [0.4, 0.5) is 0 Å². The van der Waals surface area contributed by atoms with Gasteiger partial charge in [-0.25, -0.2) is 0 Å². The van der Waals surface area contributed by atoms with Gasteiger partial charge in [0.2, 0.25) is 5.69 Å². The molecule has 1 N–H and O–H groups in total. The molecule has 2 nitrogen and oxygen atoms in total. The van der Waals surface area contributed by atoms with Crippen molar-refractivity contribution in [1.29, 1.82) is 0 Å². The molecule has 17 heavy (non-hydrogen) atoms. The summed E-state index contributed by atoms with van der Waals surface area (Å²) >= 11 is 0. The Balaban J connectivity index is 2.25. The number of nitrogens with zero attached hydrogens (tertiary/aromatic N) is 1. The highest BCUT2D eigenvalue weighted by molar-refractivity contribution is 5.62. The number of H-pyrrole nitrogens is 1. The molecular formula is C15H19N2+. The van der Waals surface area contributed by atoms with E-state index >= 15 is 0 Å². The number of hydrogen-bond acceptors (Lipinski definition) is 0. The molecule has 3 heterocycles. The lowest BCUT2D eigenvalue weighted by Crippen LogP contribution is -2.46. The van der Waals surface area contributed by atoms with E-state index in [2.05, 4.69) is 60.2 Å². The maximum absolute atomic E-state index is 3.28. The summed E-state index contributed by atoms with van der Waals surface area (Å²) in [4.78, 5) is 3.28. The van der Waals surface area contributed by atoms with E-state index in [1.807, 2.05) is 0 Å². The van der Waals surface area contributed by atoms with Crippen molar-refractivity contribution >= 4 is 0 Å². The van der Waals surface area contributed by atoms with Gasteiger partial charge in [0.15, 0.2) is 12.2 Å². The fraction of sp³-hybridized carbons (Fsp3) is 0.400. The van der Waals surface area contributed by atoms with Crippen LogP contribution in [0.25, 0.3) is 11.3 Å². The zero-order chi connectivity index (χ0) is 11.8. The highest BCUT2D eigenvalue weighted by atomic mass is 15.0. The van der Waals surface area contributed by atoms with Gasteiger partial charge in [-0.05, 0) is 18.1 Å². The van der Waals surface area contributed by atoms with Crippen LogP contribution in [-0.2, 0) is 0 Å². The fourth-order valence-corrected chi connectivity index (χ4v) is 3.25. The standard InChI is InChI=1S/C15H18N2/c1-3-11-12-9-16-10-13(12)15-7-5-6-8-17(15)14(11)4-2/h5-11,14H,3-4H2,1-2H3/p+1. The molecule has 88 valence electrons. The van der Waals surface area contributed by atoms with Crippen LogP contribution in [0, 0.1) is 0 Å². The molecule has 3 rings (SSSR count). The van der Waals surface area contributed by atoms with Crippen LogP contribution < -0.4 is 4.57 Å². The Morgan fingerprint density at radius 1 is 1.18 bits per heavy atom. The van der Waals surface area contributed by atoms with Crippen molar-refractivity contribution in [3.8, 4) is 11.3 Å². The molecule has 0 bridgehead atoms. The van der Waals surface area contributed by atoms with Crippen LogP contribution in [-0.4, -0.2) is 4.98 Å². The van der Waals surface area contributed by atoms with Crippen molar-refractivity contribution in [2.45, 2.75) is 38.6 Å². The Hall–Kier alpha value is -1.57. The summed E-state index contributed by atoms with van der Waals surface area (Å²) in [5.41, 5.74) is 4.22. The average Bonchev–Trinajstić information content (AvgIpc) is 2.86. The molecule has 1 aliphatic rings. The van der Waals surface area contributed by atoms with E-state index in [4.69, 9.17) is 0 Å². The summed E-state index contributed by atoms with van der Waals surface area (Å²) in [5.74, 6) is 0.640. The van der Waals surface area contributed by atoms with Crippen molar-refractivity contribution in [2.24, 2.45) is 0 Å². The van der Waals surface area contributed by atoms with Gasteiger partial charge in [0.1, 0.15) is 0 Å². The maximum atomic E-state index is 3.28. The van der Waals surface area contributed by atoms with Crippen molar-refractivity contribution in [3.63, 3.8) is 0 Å². The maximum Gasteiger partial charge on any atom is 0.214 e. The van der Waals surface area contributed by atoms with Crippen LogP contribution in [0.3, 0.4) is 0 Å². The number of fused-ring (bicyclic) bond motifs is 3. The predicted molar refractivity (Wildman–Crippen MR) is 68.8 cm³/mol. The molecule has 2 atom stereocenters. The van der Waals surface area contributed by atoms with E-state index in [9.17, 15) is 0 Å². The van der Waals surface area contributed by atoms with E-state index in [0.29, 0.717) is 12.0 Å². The summed E-state index contributed by atoms with van der Waals surface area (Å²) in [5, 5.41) is 0. The van der Waals surface area contributed by atoms with Crippen molar-refractivity contribution in [3.05, 3.63) is 42.4 Å². The summed E-state index contributed by atoms with van der Waals surface area (Å²) in [7, 11) is 0. The van der Waals surface area contributed by atoms with E-state index in [1.54, 1.807) is 0 Å². The minimum absolute atomic E-state index is 0.597. The SMILES string of the molecule is CCC1c2c[nH]cc2-c2cccc[n+]2C1CC. The molecule has 0 radical (unpaired) electrons. The third-order valence-corrected chi connectivity index (χ3v) is 4.02. The highest BCUT2D eigenvalue weighted by Crippen LogP contribution is 2.40. The lowest BCUT2D eigenvalue weighted by Gasteiger charge is -2.27. The van der Waals surface area contributed by atoms with Gasteiger partial charge in [0, 0.05) is 36.9 Å². The van der Waals surface area contributed by atoms with Gasteiger partial charge in [-0.15, -0.1) is 0 Å². The van der Waals surface area contributed by atoms with Crippen molar-refractivity contribution < 1.29 is 4.57 Å². The number of nitrogens with one attached hydrogen (secondary N) is 1. The highest BCUT2D eigenvalue weighted by Gasteiger charge is 2.37. The predicted octanol–water partition coefficient (Wildman–Crippen LogP) is 3.43. The zero-order valence-electron chi connectivity index (χ0n) is 10.5. The number of pyridine rings is 1. The molecule has 0 spiro atoms. The molecule has 0 amide bonds. The van der Waals surface area contributed by atoms with E-state index < -0.39 is 0 Å². The van der Waals surface area contributed by atoms with E-state index in [0.717, 1.165) is 0 Å². The molecule has 2 unspecified atom stereocenters. The normalized spacial score (nSPS) is 22.0. The third-order valence-electron chi connectivity index (χ3n) is 4.02. The average molecular weight is 227 g/mol. The molecule has 2 aromatic rings. The second-order valence-electron chi connectivity index (χ2n) is 4.81. The van der Waals surface area contributed by atoms with Crippen molar-refractivity contribution in [1.82, 2.24) is 4.98 Å². The first-order valence-electron chi connectivity index (χ1n) is 6.54. The molecule has 1 aliphatic heterocycles. The number of aromatic amines is 1. The fourth-order valence-electron chi connectivity index (χ4n) is 3.25. The molecule has 2 aromatic heterocycles. The Bertz CT molecular complexity index is 527. The molecule has 0 saturated carbocycles. The largest absolute Gasteiger partial charge is 0.367 e. The first kappa shape index (κ1) is 10.6. The summed E-state index contributed by atoms with van der Waals surface area (Å²) in [6.07, 6.45) is 8.93. The topological polar surface area (TPSA) is 19.7 Å². The van der Waals surface area contributed by atoms with Crippen LogP contribution in [0.1, 0.15) is 44.2 Å². The van der Waals surface area contributed by atoms with Crippen LogP contribution in [0.15, 0.2) is 36.8 Å². The lowest BCUT2D eigenvalue weighted by molar-refractivity contribution is -0.718. The van der Waals surface area contributed by atoms with Gasteiger partial charge < -0.3 is 4.98 Å². The minimum Gasteiger partial charge on any atom is -0.367 e. The molecular weight excluding hydrogens is 208 g/mol. The van der Waals surface area contributed by atoms with Crippen LogP contribution >= 0.6 is 0 Å².